The molecule has 0 aliphatic carbocycles. The van der Waals surface area contributed by atoms with Crippen molar-refractivity contribution in [2.24, 2.45) is 0 Å². The number of rotatable bonds is 24. The van der Waals surface area contributed by atoms with Gasteiger partial charge in [0.05, 0.1) is 0 Å². The van der Waals surface area contributed by atoms with Crippen molar-refractivity contribution in [3.63, 3.8) is 0 Å². The van der Waals surface area contributed by atoms with Gasteiger partial charge in [-0.1, -0.05) is 0 Å². The van der Waals surface area contributed by atoms with Crippen molar-refractivity contribution in [3.8, 4) is 0 Å². The molecule has 0 N–H and O–H groups in total. The molecule has 0 nitrogen and oxygen atoms in total. The van der Waals surface area contributed by atoms with Gasteiger partial charge < -0.3 is 0 Å². The molecule has 256 valence electrons. The standard InChI is InChI=1S/C40H80Ge4/c1-9-17-25-41(26-18-10-2)33-35-42(27-19-11-3,28-20-12-4)37-39-44(31-23-15-7,32-24-16-8)40-38-43(36-34-41,29-21-13-5)30-22-14-6/h33-40H,9-32H2,1-8H3/b35-33-,36-34-,39-37-,40-38-. The van der Waals surface area contributed by atoms with Gasteiger partial charge in [0.1, 0.15) is 0 Å². The third kappa shape index (κ3) is 16.0. The summed E-state index contributed by atoms with van der Waals surface area (Å²) >= 11 is -9.20. The Morgan fingerprint density at radius 3 is 0.432 bits per heavy atom. The van der Waals surface area contributed by atoms with Crippen LogP contribution in [-0.2, 0) is 0 Å². The summed E-state index contributed by atoms with van der Waals surface area (Å²) in [5.41, 5.74) is 0. The molecule has 1 aliphatic heterocycles. The number of hydrogen-bond donors (Lipinski definition) is 0. The Hall–Kier alpha value is 1.13. The van der Waals surface area contributed by atoms with Gasteiger partial charge in [-0.2, -0.15) is 0 Å². The van der Waals surface area contributed by atoms with E-state index < -0.39 is 53.1 Å². The molecule has 0 aromatic carbocycles. The number of unbranched alkanes of at least 4 members (excludes halogenated alkanes) is 8. The molecule has 44 heavy (non-hydrogen) atoms. The van der Waals surface area contributed by atoms with E-state index >= 15 is 0 Å². The van der Waals surface area contributed by atoms with E-state index in [4.69, 9.17) is 0 Å². The Morgan fingerprint density at radius 1 is 0.227 bits per heavy atom. The maximum atomic E-state index is 3.10. The SMILES string of the molecule is CCC[CH2][Ge]1([CH2]CCC)/[CH]=[CH]\[Ge]([CH2]CCC)([CH2]CCC)/[CH]=[CH]\[Ge]([CH2]CCC)([CH2]CCC)/[CH]=[CH]\[Ge]([CH2]CCC)([CH2]CCC)/[CH]=[CH]\1. The fourth-order valence-electron chi connectivity index (χ4n) is 7.43. The molecule has 0 aromatic rings. The summed E-state index contributed by atoms with van der Waals surface area (Å²) in [7, 11) is 0. The maximum absolute atomic E-state index is 3.10. The van der Waals surface area contributed by atoms with E-state index in [0.717, 1.165) is 0 Å². The second-order valence-electron chi connectivity index (χ2n) is 15.1. The van der Waals surface area contributed by atoms with Crippen LogP contribution in [0.1, 0.15) is 158 Å². The molecule has 0 radical (unpaired) electrons. The van der Waals surface area contributed by atoms with Gasteiger partial charge in [0.15, 0.2) is 0 Å². The first kappa shape index (κ1) is 43.2. The van der Waals surface area contributed by atoms with E-state index in [1.807, 2.05) is 0 Å². The summed E-state index contributed by atoms with van der Waals surface area (Å²) in [4.78, 5) is 24.8. The normalized spacial score (nSPS) is 21.6. The Labute approximate surface area is 290 Å². The van der Waals surface area contributed by atoms with E-state index in [1.165, 1.54) is 103 Å². The van der Waals surface area contributed by atoms with Gasteiger partial charge in [-0.25, -0.2) is 0 Å². The molecule has 0 fully saturated rings. The van der Waals surface area contributed by atoms with Crippen LogP contribution in [0.15, 0.2) is 39.3 Å². The fraction of sp³-hybridized carbons (Fsp3) is 0.800. The van der Waals surface area contributed by atoms with Crippen LogP contribution in [-0.4, -0.2) is 53.1 Å². The van der Waals surface area contributed by atoms with Crippen LogP contribution in [0.25, 0.3) is 0 Å². The van der Waals surface area contributed by atoms with Gasteiger partial charge in [0.25, 0.3) is 0 Å². The molecular weight excluding hydrogens is 771 g/mol. The molecule has 0 aromatic heterocycles. The second-order valence-corrected chi connectivity index (χ2v) is 49.8. The van der Waals surface area contributed by atoms with Crippen molar-refractivity contribution in [3.05, 3.63) is 39.3 Å². The van der Waals surface area contributed by atoms with Crippen LogP contribution in [0, 0.1) is 0 Å². The zero-order valence-electron chi connectivity index (χ0n) is 31.6. The predicted molar refractivity (Wildman–Crippen MR) is 217 cm³/mol. The first-order valence-corrected chi connectivity index (χ1v) is 41.7. The molecule has 1 aliphatic rings. The van der Waals surface area contributed by atoms with Gasteiger partial charge in [0.2, 0.25) is 0 Å². The molecule has 0 spiro atoms. The summed E-state index contributed by atoms with van der Waals surface area (Å²) in [5, 5.41) is 12.4. The van der Waals surface area contributed by atoms with E-state index in [1.54, 1.807) is 42.0 Å². The molecule has 0 saturated carbocycles. The van der Waals surface area contributed by atoms with Crippen molar-refractivity contribution in [2.45, 2.75) is 200 Å². The summed E-state index contributed by atoms with van der Waals surface area (Å²) in [6.45, 7) is 19.5. The van der Waals surface area contributed by atoms with Gasteiger partial charge >= 0.3 is 292 Å². The van der Waals surface area contributed by atoms with Crippen LogP contribution < -0.4 is 0 Å². The predicted octanol–water partition coefficient (Wildman–Crippen LogP) is 14.7. The molecule has 0 amide bonds. The summed E-state index contributed by atoms with van der Waals surface area (Å²) in [6.07, 6.45) is 22.5. The Kier molecular flexibility index (Phi) is 24.7. The average Bonchev–Trinajstić information content (AvgIpc) is 3.05. The third-order valence-corrected chi connectivity index (χ3v) is 52.3. The van der Waals surface area contributed by atoms with E-state index in [-0.39, 0.29) is 0 Å². The van der Waals surface area contributed by atoms with Gasteiger partial charge in [-0.05, 0) is 0 Å². The first-order valence-electron chi connectivity index (χ1n) is 20.1. The van der Waals surface area contributed by atoms with E-state index in [9.17, 15) is 0 Å². The summed E-state index contributed by atoms with van der Waals surface area (Å²) in [5.74, 6) is 0. The topological polar surface area (TPSA) is 0 Å². The van der Waals surface area contributed by atoms with Crippen LogP contribution in [0.5, 0.6) is 0 Å². The molecular formula is C40H80Ge4. The van der Waals surface area contributed by atoms with E-state index in [2.05, 4.69) is 94.7 Å². The van der Waals surface area contributed by atoms with Gasteiger partial charge in [0, 0.05) is 0 Å². The van der Waals surface area contributed by atoms with E-state index in [0.29, 0.717) is 0 Å². The Morgan fingerprint density at radius 2 is 0.341 bits per heavy atom. The fourth-order valence-corrected chi connectivity index (χ4v) is 67.6. The quantitative estimate of drug-likeness (QED) is 0.0849. The summed E-state index contributed by atoms with van der Waals surface area (Å²) < 4.78 is 0. The Bertz CT molecular complexity index is 623. The molecule has 1 heterocycles. The minimum absolute atomic E-state index is 1.36. The third-order valence-electron chi connectivity index (χ3n) is 11.0. The molecule has 0 atom stereocenters. The monoisotopic (exact) mass is 856 g/mol. The van der Waals surface area contributed by atoms with Crippen LogP contribution >= 0.6 is 0 Å². The first-order chi connectivity index (χ1) is 21.3. The zero-order chi connectivity index (χ0) is 32.6. The van der Waals surface area contributed by atoms with Crippen LogP contribution in [0.2, 0.25) is 42.0 Å². The number of hydrogen-bond acceptors (Lipinski definition) is 0. The van der Waals surface area contributed by atoms with Gasteiger partial charge in [-0.15, -0.1) is 0 Å². The average molecular weight is 852 g/mol. The van der Waals surface area contributed by atoms with Crippen molar-refractivity contribution < 1.29 is 0 Å². The van der Waals surface area contributed by atoms with Crippen molar-refractivity contribution in [1.29, 1.82) is 0 Å². The van der Waals surface area contributed by atoms with Crippen LogP contribution in [0.3, 0.4) is 0 Å². The minimum atomic E-state index is -2.30. The van der Waals surface area contributed by atoms with Crippen molar-refractivity contribution in [1.82, 2.24) is 0 Å². The summed E-state index contributed by atoms with van der Waals surface area (Å²) in [6, 6.07) is 0. The molecule has 0 unspecified atom stereocenters. The second kappa shape index (κ2) is 25.2. The van der Waals surface area contributed by atoms with Crippen LogP contribution in [0.4, 0.5) is 0 Å². The van der Waals surface area contributed by atoms with Crippen molar-refractivity contribution >= 4 is 53.1 Å². The molecule has 0 saturated heterocycles. The van der Waals surface area contributed by atoms with Gasteiger partial charge in [-0.3, -0.25) is 0 Å². The van der Waals surface area contributed by atoms with Crippen molar-refractivity contribution in [2.75, 3.05) is 0 Å². The molecule has 0 bridgehead atoms. The molecule has 1 rings (SSSR count). The Balaban J connectivity index is 4.12. The molecule has 4 heteroatoms. The zero-order valence-corrected chi connectivity index (χ0v) is 40.0.